The predicted octanol–water partition coefficient (Wildman–Crippen LogP) is 4.23. The first-order chi connectivity index (χ1) is 15.8. The first-order valence-electron chi connectivity index (χ1n) is 10.6. The van der Waals surface area contributed by atoms with Crippen LogP contribution in [0.25, 0.3) is 0 Å². The Morgan fingerprint density at radius 1 is 0.970 bits per heavy atom. The maximum absolute atomic E-state index is 13.7. The molecule has 0 aliphatic heterocycles. The van der Waals surface area contributed by atoms with Gasteiger partial charge in [0.05, 0.1) is 25.9 Å². The van der Waals surface area contributed by atoms with Crippen LogP contribution in [0.5, 0.6) is 11.5 Å². The van der Waals surface area contributed by atoms with Crippen molar-refractivity contribution in [3.8, 4) is 11.5 Å². The van der Waals surface area contributed by atoms with Crippen molar-refractivity contribution in [3.05, 3.63) is 83.9 Å². The number of nitrogens with zero attached hydrogens (tertiary/aromatic N) is 1. The number of nitrogens with one attached hydrogen (secondary N) is 1. The molecule has 0 atom stereocenters. The summed E-state index contributed by atoms with van der Waals surface area (Å²) in [5.41, 5.74) is 2.01. The minimum Gasteiger partial charge on any atom is -0.495 e. The van der Waals surface area contributed by atoms with Crippen LogP contribution < -0.4 is 14.8 Å². The number of hydrogen-bond donors (Lipinski definition) is 1. The van der Waals surface area contributed by atoms with Gasteiger partial charge in [0, 0.05) is 6.54 Å². The highest BCUT2D eigenvalue weighted by Crippen LogP contribution is 2.29. The van der Waals surface area contributed by atoms with Crippen molar-refractivity contribution >= 4 is 21.6 Å². The van der Waals surface area contributed by atoms with Gasteiger partial charge in [-0.2, -0.15) is 4.31 Å². The van der Waals surface area contributed by atoms with Crippen molar-refractivity contribution < 1.29 is 22.7 Å². The van der Waals surface area contributed by atoms with Crippen molar-refractivity contribution in [1.82, 2.24) is 4.31 Å². The van der Waals surface area contributed by atoms with Crippen molar-refractivity contribution in [2.75, 3.05) is 25.6 Å². The number of amides is 1. The highest BCUT2D eigenvalue weighted by molar-refractivity contribution is 7.89. The van der Waals surface area contributed by atoms with E-state index in [0.29, 0.717) is 18.0 Å². The molecule has 0 aromatic heterocycles. The Bertz CT molecular complexity index is 1200. The van der Waals surface area contributed by atoms with Gasteiger partial charge in [-0.25, -0.2) is 8.42 Å². The van der Waals surface area contributed by atoms with Gasteiger partial charge in [-0.3, -0.25) is 4.79 Å². The second-order valence-electron chi connectivity index (χ2n) is 7.39. The zero-order chi connectivity index (χ0) is 23.8. The third-order valence-corrected chi connectivity index (χ3v) is 6.73. The molecule has 0 saturated carbocycles. The SMILES string of the molecule is CCOc1ccccc1NC(=O)CN(Cc1ccccc1)S(=O)(=O)c1cc(C)ccc1OC. The number of methoxy groups -OCH3 is 1. The minimum atomic E-state index is -4.06. The average Bonchev–Trinajstić information content (AvgIpc) is 2.80. The Morgan fingerprint density at radius 3 is 2.36 bits per heavy atom. The summed E-state index contributed by atoms with van der Waals surface area (Å²) < 4.78 is 39.3. The summed E-state index contributed by atoms with van der Waals surface area (Å²) in [6.45, 7) is 3.74. The van der Waals surface area contributed by atoms with Gasteiger partial charge >= 0.3 is 0 Å². The highest BCUT2D eigenvalue weighted by Gasteiger charge is 2.30. The minimum absolute atomic E-state index is 0.0171. The number of ether oxygens (including phenoxy) is 2. The van der Waals surface area contributed by atoms with Gasteiger partial charge in [0.15, 0.2) is 0 Å². The fourth-order valence-corrected chi connectivity index (χ4v) is 4.96. The summed E-state index contributed by atoms with van der Waals surface area (Å²) in [7, 11) is -2.64. The number of anilines is 1. The molecule has 174 valence electrons. The van der Waals surface area contributed by atoms with E-state index in [-0.39, 0.29) is 23.7 Å². The molecule has 0 spiro atoms. The topological polar surface area (TPSA) is 84.9 Å². The van der Waals surface area contributed by atoms with Crippen molar-refractivity contribution in [2.45, 2.75) is 25.3 Å². The molecule has 0 radical (unpaired) electrons. The smallest absolute Gasteiger partial charge is 0.247 e. The van der Waals surface area contributed by atoms with Gasteiger partial charge in [-0.05, 0) is 49.2 Å². The van der Waals surface area contributed by atoms with Crippen LogP contribution in [-0.4, -0.2) is 38.9 Å². The van der Waals surface area contributed by atoms with E-state index in [9.17, 15) is 13.2 Å². The van der Waals surface area contributed by atoms with Crippen LogP contribution in [0, 0.1) is 6.92 Å². The lowest BCUT2D eigenvalue weighted by Crippen LogP contribution is -2.37. The largest absolute Gasteiger partial charge is 0.495 e. The maximum Gasteiger partial charge on any atom is 0.247 e. The Balaban J connectivity index is 1.94. The van der Waals surface area contributed by atoms with Crippen LogP contribution in [0.3, 0.4) is 0 Å². The van der Waals surface area contributed by atoms with Crippen molar-refractivity contribution in [3.63, 3.8) is 0 Å². The summed E-state index contributed by atoms with van der Waals surface area (Å²) in [4.78, 5) is 13.0. The molecule has 0 unspecified atom stereocenters. The van der Waals surface area contributed by atoms with Crippen LogP contribution in [0.15, 0.2) is 77.7 Å². The third kappa shape index (κ3) is 6.12. The lowest BCUT2D eigenvalue weighted by atomic mass is 10.2. The highest BCUT2D eigenvalue weighted by atomic mass is 32.2. The number of rotatable bonds is 10. The van der Waals surface area contributed by atoms with E-state index < -0.39 is 15.9 Å². The molecule has 3 aromatic carbocycles. The molecule has 3 aromatic rings. The summed E-state index contributed by atoms with van der Waals surface area (Å²) >= 11 is 0. The van der Waals surface area contributed by atoms with Crippen LogP contribution in [0.4, 0.5) is 5.69 Å². The van der Waals surface area contributed by atoms with E-state index in [4.69, 9.17) is 9.47 Å². The second-order valence-corrected chi connectivity index (χ2v) is 9.30. The summed E-state index contributed by atoms with van der Waals surface area (Å²) in [5, 5.41) is 2.77. The average molecular weight is 469 g/mol. The maximum atomic E-state index is 13.7. The van der Waals surface area contributed by atoms with E-state index in [1.807, 2.05) is 37.3 Å². The molecule has 0 aliphatic carbocycles. The molecule has 7 nitrogen and oxygen atoms in total. The molecule has 0 fully saturated rings. The van der Waals surface area contributed by atoms with E-state index in [1.165, 1.54) is 7.11 Å². The summed E-state index contributed by atoms with van der Waals surface area (Å²) in [5.74, 6) is 0.264. The lowest BCUT2D eigenvalue weighted by molar-refractivity contribution is -0.116. The fraction of sp³-hybridized carbons (Fsp3) is 0.240. The third-order valence-electron chi connectivity index (χ3n) is 4.92. The molecule has 0 heterocycles. The normalized spacial score (nSPS) is 11.3. The monoisotopic (exact) mass is 468 g/mol. The van der Waals surface area contributed by atoms with Crippen LogP contribution in [0.2, 0.25) is 0 Å². The Kier molecular flexibility index (Phi) is 8.08. The van der Waals surface area contributed by atoms with Crippen molar-refractivity contribution in [1.29, 1.82) is 0 Å². The molecular weight excluding hydrogens is 440 g/mol. The zero-order valence-corrected chi connectivity index (χ0v) is 19.8. The molecule has 1 N–H and O–H groups in total. The number of hydrogen-bond acceptors (Lipinski definition) is 5. The number of para-hydroxylation sites is 2. The van der Waals surface area contributed by atoms with Crippen molar-refractivity contribution in [2.24, 2.45) is 0 Å². The number of carbonyl (C=O) groups is 1. The standard InChI is InChI=1S/C25H28N2O5S/c1-4-32-22-13-9-8-12-21(22)26-25(28)18-27(17-20-10-6-5-7-11-20)33(29,30)24-16-19(2)14-15-23(24)31-3/h5-16H,4,17-18H2,1-3H3,(H,26,28). The van der Waals surface area contributed by atoms with Crippen LogP contribution in [0.1, 0.15) is 18.1 Å². The van der Waals surface area contributed by atoms with E-state index in [1.54, 1.807) is 49.4 Å². The quantitative estimate of drug-likeness (QED) is 0.481. The van der Waals surface area contributed by atoms with Gasteiger partial charge in [-0.15, -0.1) is 0 Å². The van der Waals surface area contributed by atoms with E-state index >= 15 is 0 Å². The number of sulfonamides is 1. The molecule has 0 bridgehead atoms. The first-order valence-corrected chi connectivity index (χ1v) is 12.0. The predicted molar refractivity (Wildman–Crippen MR) is 128 cm³/mol. The summed E-state index contributed by atoms with van der Waals surface area (Å²) in [6.07, 6.45) is 0. The molecule has 33 heavy (non-hydrogen) atoms. The second kappa shape index (κ2) is 11.0. The molecular formula is C25H28N2O5S. The van der Waals surface area contributed by atoms with E-state index in [2.05, 4.69) is 5.32 Å². The summed E-state index contributed by atoms with van der Waals surface area (Å²) in [6, 6.07) is 21.1. The van der Waals surface area contributed by atoms with Gasteiger partial charge in [-0.1, -0.05) is 48.5 Å². The Labute approximate surface area is 195 Å². The van der Waals surface area contributed by atoms with Crippen LogP contribution in [-0.2, 0) is 21.4 Å². The molecule has 1 amide bonds. The number of benzene rings is 3. The van der Waals surface area contributed by atoms with Gasteiger partial charge in [0.1, 0.15) is 16.4 Å². The molecule has 3 rings (SSSR count). The number of carbonyl (C=O) groups excluding carboxylic acids is 1. The Morgan fingerprint density at radius 2 is 1.67 bits per heavy atom. The molecule has 0 aliphatic rings. The fourth-order valence-electron chi connectivity index (χ4n) is 3.34. The lowest BCUT2D eigenvalue weighted by Gasteiger charge is -2.23. The van der Waals surface area contributed by atoms with E-state index in [0.717, 1.165) is 15.4 Å². The Hall–Kier alpha value is -3.36. The van der Waals surface area contributed by atoms with Crippen LogP contribution >= 0.6 is 0 Å². The number of aryl methyl sites for hydroxylation is 1. The van der Waals surface area contributed by atoms with Gasteiger partial charge < -0.3 is 14.8 Å². The zero-order valence-electron chi connectivity index (χ0n) is 18.9. The van der Waals surface area contributed by atoms with Gasteiger partial charge in [0.2, 0.25) is 15.9 Å². The molecule has 8 heteroatoms. The molecule has 0 saturated heterocycles. The first kappa shape index (κ1) is 24.3. The van der Waals surface area contributed by atoms with Gasteiger partial charge in [0.25, 0.3) is 0 Å².